The molecule has 2 aliphatic heterocycles. The van der Waals surface area contributed by atoms with Crippen LogP contribution < -0.4 is 5.73 Å². The summed E-state index contributed by atoms with van der Waals surface area (Å²) in [5.41, 5.74) is 8.38. The van der Waals surface area contributed by atoms with Crippen LogP contribution in [0.25, 0.3) is 10.9 Å². The summed E-state index contributed by atoms with van der Waals surface area (Å²) in [4.78, 5) is 14.2. The molecule has 2 aromatic heterocycles. The van der Waals surface area contributed by atoms with Crippen molar-refractivity contribution < 1.29 is 4.79 Å². The molecule has 0 aliphatic carbocycles. The molecule has 4 heterocycles. The third-order valence-corrected chi connectivity index (χ3v) is 6.69. The first-order valence-electron chi connectivity index (χ1n) is 9.24. The van der Waals surface area contributed by atoms with Crippen molar-refractivity contribution in [1.29, 1.82) is 0 Å². The summed E-state index contributed by atoms with van der Waals surface area (Å²) in [5, 5.41) is 3.24. The highest BCUT2D eigenvalue weighted by Crippen LogP contribution is 2.42. The van der Waals surface area contributed by atoms with Crippen molar-refractivity contribution >= 4 is 28.3 Å². The molecule has 2 atom stereocenters. The lowest BCUT2D eigenvalue weighted by Crippen LogP contribution is -2.42. The van der Waals surface area contributed by atoms with Crippen LogP contribution in [0.1, 0.15) is 47.8 Å². The summed E-state index contributed by atoms with van der Waals surface area (Å²) in [6.07, 6.45) is 7.04. The maximum Gasteiger partial charge on any atom is 0.248 e. The largest absolute Gasteiger partial charge is 0.366 e. The first-order valence-corrected chi connectivity index (χ1v) is 10.1. The highest BCUT2D eigenvalue weighted by atomic mass is 32.1. The molecule has 2 fully saturated rings. The number of benzene rings is 1. The minimum absolute atomic E-state index is 0.363. The minimum atomic E-state index is -0.363. The van der Waals surface area contributed by atoms with Crippen LogP contribution in [-0.4, -0.2) is 31.8 Å². The van der Waals surface area contributed by atoms with Gasteiger partial charge in [0.15, 0.2) is 0 Å². The molecule has 2 bridgehead atoms. The van der Waals surface area contributed by atoms with E-state index < -0.39 is 0 Å². The predicted molar refractivity (Wildman–Crippen MR) is 103 cm³/mol. The number of carbonyl (C=O) groups excluding carboxylic acids is 1. The van der Waals surface area contributed by atoms with Crippen LogP contribution in [0.15, 0.2) is 41.9 Å². The molecule has 5 nitrogen and oxygen atoms in total. The average Bonchev–Trinajstić information content (AvgIpc) is 3.34. The Morgan fingerprint density at radius 1 is 1.15 bits per heavy atom. The van der Waals surface area contributed by atoms with E-state index in [2.05, 4.69) is 37.6 Å². The number of nitrogens with two attached hydrogens (primary N) is 1. The average molecular weight is 366 g/mol. The number of carbonyl (C=O) groups is 1. The van der Waals surface area contributed by atoms with Gasteiger partial charge in [0.2, 0.25) is 5.91 Å². The fourth-order valence-corrected chi connectivity index (χ4v) is 5.39. The summed E-state index contributed by atoms with van der Waals surface area (Å²) in [5.74, 6) is -0.363. The molecule has 3 aromatic rings. The van der Waals surface area contributed by atoms with Gasteiger partial charge in [0, 0.05) is 47.3 Å². The van der Waals surface area contributed by atoms with Crippen LogP contribution in [0.5, 0.6) is 0 Å². The van der Waals surface area contributed by atoms with Crippen molar-refractivity contribution in [2.24, 2.45) is 5.73 Å². The quantitative estimate of drug-likeness (QED) is 0.768. The second-order valence-electron chi connectivity index (χ2n) is 7.53. The van der Waals surface area contributed by atoms with E-state index in [4.69, 9.17) is 5.73 Å². The number of rotatable bonds is 4. The van der Waals surface area contributed by atoms with E-state index in [-0.39, 0.29) is 5.91 Å². The van der Waals surface area contributed by atoms with Crippen LogP contribution in [0.3, 0.4) is 0 Å². The van der Waals surface area contributed by atoms with Gasteiger partial charge in [-0.3, -0.25) is 9.69 Å². The van der Waals surface area contributed by atoms with Gasteiger partial charge in [0.1, 0.15) is 0 Å². The number of piperidine rings is 1. The zero-order valence-corrected chi connectivity index (χ0v) is 15.4. The Kier molecular flexibility index (Phi) is 3.83. The number of aromatic nitrogens is 2. The molecule has 1 amide bonds. The SMILES string of the molecule is NC(=O)c1ccc2ccn(C3CC4CCC(C3)N4Cc3ccsn3)c2c1. The monoisotopic (exact) mass is 366 g/mol. The fraction of sp³-hybridized carbons (Fsp3) is 0.400. The number of primary amides is 1. The van der Waals surface area contributed by atoms with E-state index in [9.17, 15) is 4.79 Å². The van der Waals surface area contributed by atoms with Crippen molar-refractivity contribution in [3.63, 3.8) is 0 Å². The van der Waals surface area contributed by atoms with Crippen molar-refractivity contribution in [2.45, 2.75) is 50.4 Å². The molecule has 0 saturated carbocycles. The molecule has 2 saturated heterocycles. The van der Waals surface area contributed by atoms with E-state index in [0.29, 0.717) is 23.7 Å². The summed E-state index contributed by atoms with van der Waals surface area (Å²) in [6, 6.07) is 11.8. The summed E-state index contributed by atoms with van der Waals surface area (Å²) in [6.45, 7) is 0.976. The highest BCUT2D eigenvalue weighted by Gasteiger charge is 2.41. The second kappa shape index (κ2) is 6.21. The van der Waals surface area contributed by atoms with Crippen LogP contribution in [0.4, 0.5) is 0 Å². The number of fused-ring (bicyclic) bond motifs is 3. The smallest absolute Gasteiger partial charge is 0.248 e. The lowest BCUT2D eigenvalue weighted by Gasteiger charge is -2.39. The van der Waals surface area contributed by atoms with Crippen molar-refractivity contribution in [2.75, 3.05) is 0 Å². The highest BCUT2D eigenvalue weighted by molar-refractivity contribution is 7.03. The number of nitrogens with zero attached hydrogens (tertiary/aromatic N) is 3. The molecular formula is C20H22N4OS. The molecule has 26 heavy (non-hydrogen) atoms. The van der Waals surface area contributed by atoms with Gasteiger partial charge in [-0.05, 0) is 66.9 Å². The van der Waals surface area contributed by atoms with E-state index in [1.54, 1.807) is 0 Å². The normalized spacial score (nSPS) is 25.8. The Balaban J connectivity index is 1.42. The number of hydrogen-bond donors (Lipinski definition) is 1. The van der Waals surface area contributed by atoms with Gasteiger partial charge in [-0.25, -0.2) is 0 Å². The molecule has 5 rings (SSSR count). The van der Waals surface area contributed by atoms with E-state index in [1.165, 1.54) is 35.5 Å². The Labute approximate surface area is 156 Å². The van der Waals surface area contributed by atoms with E-state index >= 15 is 0 Å². The summed E-state index contributed by atoms with van der Waals surface area (Å²) in [7, 11) is 0. The van der Waals surface area contributed by atoms with Gasteiger partial charge < -0.3 is 10.3 Å². The van der Waals surface area contributed by atoms with Crippen molar-refractivity contribution in [1.82, 2.24) is 13.8 Å². The molecular weight excluding hydrogens is 344 g/mol. The Bertz CT molecular complexity index is 934. The van der Waals surface area contributed by atoms with Gasteiger partial charge in [-0.2, -0.15) is 4.37 Å². The Morgan fingerprint density at radius 3 is 2.65 bits per heavy atom. The molecule has 0 radical (unpaired) electrons. The minimum Gasteiger partial charge on any atom is -0.366 e. The summed E-state index contributed by atoms with van der Waals surface area (Å²) >= 11 is 1.54. The molecule has 6 heteroatoms. The lowest BCUT2D eigenvalue weighted by atomic mass is 9.96. The standard InChI is InChI=1S/C20H22N4OS/c21-20(25)14-2-1-13-5-7-23(19(13)9-14)18-10-16-3-4-17(11-18)24(16)12-15-6-8-26-22-15/h1-2,5-9,16-18H,3-4,10-12H2,(H2,21,25). The van der Waals surface area contributed by atoms with E-state index in [1.807, 2.05) is 18.2 Å². The summed E-state index contributed by atoms with van der Waals surface area (Å²) < 4.78 is 6.86. The van der Waals surface area contributed by atoms with Crippen LogP contribution in [0, 0.1) is 0 Å². The van der Waals surface area contributed by atoms with Gasteiger partial charge in [0.05, 0.1) is 5.69 Å². The van der Waals surface area contributed by atoms with Crippen molar-refractivity contribution in [3.05, 3.63) is 53.2 Å². The third-order valence-electron chi connectivity index (χ3n) is 6.10. The Morgan fingerprint density at radius 2 is 1.96 bits per heavy atom. The number of hydrogen-bond acceptors (Lipinski definition) is 4. The predicted octanol–water partition coefficient (Wildman–Crippen LogP) is 3.56. The van der Waals surface area contributed by atoms with Gasteiger partial charge in [0.25, 0.3) is 0 Å². The number of amides is 1. The molecule has 2 unspecified atom stereocenters. The van der Waals surface area contributed by atoms with Crippen LogP contribution in [-0.2, 0) is 6.54 Å². The zero-order chi connectivity index (χ0) is 17.7. The lowest BCUT2D eigenvalue weighted by molar-refractivity contribution is 0.0993. The van der Waals surface area contributed by atoms with Crippen molar-refractivity contribution in [3.8, 4) is 0 Å². The van der Waals surface area contributed by atoms with Crippen LogP contribution >= 0.6 is 11.5 Å². The van der Waals surface area contributed by atoms with Gasteiger partial charge >= 0.3 is 0 Å². The third kappa shape index (κ3) is 2.64. The van der Waals surface area contributed by atoms with Gasteiger partial charge in [-0.15, -0.1) is 0 Å². The maximum absolute atomic E-state index is 11.6. The fourth-order valence-electron chi connectivity index (χ4n) is 4.86. The molecule has 2 aliphatic rings. The second-order valence-corrected chi connectivity index (χ2v) is 8.20. The van der Waals surface area contributed by atoms with Crippen LogP contribution in [0.2, 0.25) is 0 Å². The molecule has 134 valence electrons. The van der Waals surface area contributed by atoms with Gasteiger partial charge in [-0.1, -0.05) is 6.07 Å². The Hall–Kier alpha value is -2.18. The first kappa shape index (κ1) is 16.0. The molecule has 1 aromatic carbocycles. The first-order chi connectivity index (χ1) is 12.7. The zero-order valence-electron chi connectivity index (χ0n) is 14.5. The maximum atomic E-state index is 11.6. The van der Waals surface area contributed by atoms with E-state index in [0.717, 1.165) is 24.9 Å². The molecule has 0 spiro atoms. The topological polar surface area (TPSA) is 64.2 Å². The molecule has 2 N–H and O–H groups in total.